The van der Waals surface area contributed by atoms with Crippen molar-refractivity contribution < 1.29 is 37.1 Å². The van der Waals surface area contributed by atoms with Crippen LogP contribution in [0.4, 0.5) is 4.79 Å². The van der Waals surface area contributed by atoms with Gasteiger partial charge in [-0.15, -0.1) is 0 Å². The van der Waals surface area contributed by atoms with E-state index in [1.165, 1.54) is 4.90 Å². The van der Waals surface area contributed by atoms with E-state index in [4.69, 9.17) is 9.47 Å². The van der Waals surface area contributed by atoms with Crippen LogP contribution in [0.1, 0.15) is 12.5 Å². The van der Waals surface area contributed by atoms with Crippen LogP contribution in [0, 0.1) is 0 Å². The van der Waals surface area contributed by atoms with Gasteiger partial charge in [0.25, 0.3) is 5.91 Å². The van der Waals surface area contributed by atoms with Crippen molar-refractivity contribution in [1.82, 2.24) is 20.9 Å². The van der Waals surface area contributed by atoms with E-state index >= 15 is 0 Å². The molecule has 3 rings (SSSR count). The summed E-state index contributed by atoms with van der Waals surface area (Å²) in [7, 11) is -3.83. The van der Waals surface area contributed by atoms with E-state index in [0.717, 1.165) is 6.92 Å². The molecule has 3 N–H and O–H groups in total. The highest BCUT2D eigenvalue weighted by Crippen LogP contribution is 2.11. The molecule has 0 saturated carbocycles. The van der Waals surface area contributed by atoms with Crippen LogP contribution in [0.3, 0.4) is 0 Å². The maximum absolute atomic E-state index is 12.9. The second kappa shape index (κ2) is 10.6. The van der Waals surface area contributed by atoms with Gasteiger partial charge in [-0.1, -0.05) is 30.3 Å². The largest absolute Gasteiger partial charge is 0.439 e. The van der Waals surface area contributed by atoms with Crippen molar-refractivity contribution in [2.75, 3.05) is 32.1 Å². The molecule has 0 spiro atoms. The maximum atomic E-state index is 12.9. The molecule has 180 valence electrons. The molecule has 12 nitrogen and oxygen atoms in total. The predicted octanol–water partition coefficient (Wildman–Crippen LogP) is -1.48. The summed E-state index contributed by atoms with van der Waals surface area (Å²) in [5, 5.41) is 7.14. The van der Waals surface area contributed by atoms with Gasteiger partial charge in [0.05, 0.1) is 24.7 Å². The van der Waals surface area contributed by atoms with E-state index in [-0.39, 0.29) is 18.8 Å². The minimum absolute atomic E-state index is 0.288. The number of morpholine rings is 1. The first-order chi connectivity index (χ1) is 15.6. The molecule has 2 aliphatic rings. The maximum Gasteiger partial charge on any atom is 0.318 e. The fourth-order valence-corrected chi connectivity index (χ4v) is 4.92. The molecule has 0 bridgehead atoms. The number of amides is 4. The lowest BCUT2D eigenvalue weighted by molar-refractivity contribution is -0.164. The Morgan fingerprint density at radius 3 is 2.48 bits per heavy atom. The highest BCUT2D eigenvalue weighted by atomic mass is 32.2. The lowest BCUT2D eigenvalue weighted by Crippen LogP contribution is -2.72. The number of β-lactam (4-membered cyclic amide) rings is 1. The number of carbonyl (C=O) groups excluding carboxylic acids is 4. The summed E-state index contributed by atoms with van der Waals surface area (Å²) in [5.74, 6) is -3.16. The van der Waals surface area contributed by atoms with Crippen LogP contribution >= 0.6 is 0 Å². The number of benzene rings is 1. The number of rotatable bonds is 8. The molecule has 2 heterocycles. The highest BCUT2D eigenvalue weighted by Gasteiger charge is 2.44. The standard InChI is InChI=1S/C20H26N4O8S/c1-13(25)32-19-16(18(27)23-19)22-17(26)15(21-20(28)24-7-9-31-10-8-24)12-33(29,30)11-14-5-3-2-4-6-14/h2-6,15-16,19H,7-12H2,1H3,(H,21,28)(H,22,26)(H,23,27)/t15-,16?,19-/m0/s1. The quantitative estimate of drug-likeness (QED) is 0.299. The van der Waals surface area contributed by atoms with Crippen LogP contribution in [0.15, 0.2) is 30.3 Å². The summed E-state index contributed by atoms with van der Waals surface area (Å²) in [6.45, 7) is 2.36. The topological polar surface area (TPSA) is 160 Å². The van der Waals surface area contributed by atoms with Crippen molar-refractivity contribution >= 4 is 33.7 Å². The monoisotopic (exact) mass is 482 g/mol. The van der Waals surface area contributed by atoms with Crippen molar-refractivity contribution in [3.63, 3.8) is 0 Å². The molecular weight excluding hydrogens is 456 g/mol. The van der Waals surface area contributed by atoms with Crippen LogP contribution in [-0.4, -0.2) is 87.5 Å². The Bertz CT molecular complexity index is 995. The average molecular weight is 483 g/mol. The van der Waals surface area contributed by atoms with Crippen molar-refractivity contribution in [3.8, 4) is 0 Å². The molecule has 33 heavy (non-hydrogen) atoms. The lowest BCUT2D eigenvalue weighted by atomic mass is 10.1. The zero-order valence-electron chi connectivity index (χ0n) is 18.0. The Morgan fingerprint density at radius 2 is 1.88 bits per heavy atom. The van der Waals surface area contributed by atoms with E-state index in [9.17, 15) is 27.6 Å². The smallest absolute Gasteiger partial charge is 0.318 e. The molecule has 2 fully saturated rings. The number of hydrogen-bond acceptors (Lipinski definition) is 8. The normalized spacial score (nSPS) is 21.2. The van der Waals surface area contributed by atoms with E-state index in [0.29, 0.717) is 18.8 Å². The third-order valence-corrected chi connectivity index (χ3v) is 6.64. The van der Waals surface area contributed by atoms with Crippen LogP contribution in [0.5, 0.6) is 0 Å². The Labute approximate surface area is 190 Å². The van der Waals surface area contributed by atoms with Crippen molar-refractivity contribution in [1.29, 1.82) is 0 Å². The molecule has 2 aliphatic heterocycles. The number of hydrogen-bond donors (Lipinski definition) is 3. The third-order valence-electron chi connectivity index (χ3n) is 5.02. The second-order valence-electron chi connectivity index (χ2n) is 7.67. The Hall–Kier alpha value is -3.19. The number of nitrogens with one attached hydrogen (secondary N) is 3. The summed E-state index contributed by atoms with van der Waals surface area (Å²) in [5.41, 5.74) is 0.532. The van der Waals surface area contributed by atoms with Crippen molar-refractivity contribution in [2.45, 2.75) is 31.0 Å². The highest BCUT2D eigenvalue weighted by molar-refractivity contribution is 7.90. The van der Waals surface area contributed by atoms with E-state index in [1.54, 1.807) is 30.3 Å². The molecule has 4 amide bonds. The molecule has 3 atom stereocenters. The first kappa shape index (κ1) is 24.5. The molecule has 13 heteroatoms. The van der Waals surface area contributed by atoms with Gasteiger partial charge in [0, 0.05) is 20.0 Å². The first-order valence-electron chi connectivity index (χ1n) is 10.3. The Balaban J connectivity index is 1.72. The number of esters is 1. The van der Waals surface area contributed by atoms with Crippen LogP contribution in [0.2, 0.25) is 0 Å². The van der Waals surface area contributed by atoms with Crippen molar-refractivity contribution in [2.24, 2.45) is 0 Å². The number of urea groups is 1. The van der Waals surface area contributed by atoms with Gasteiger partial charge < -0.3 is 30.3 Å². The molecular formula is C20H26N4O8S. The fourth-order valence-electron chi connectivity index (χ4n) is 3.36. The molecule has 1 aromatic carbocycles. The zero-order chi connectivity index (χ0) is 24.0. The summed E-state index contributed by atoms with van der Waals surface area (Å²) >= 11 is 0. The van der Waals surface area contributed by atoms with Gasteiger partial charge in [-0.05, 0) is 5.56 Å². The van der Waals surface area contributed by atoms with Gasteiger partial charge >= 0.3 is 12.0 Å². The summed E-state index contributed by atoms with van der Waals surface area (Å²) in [4.78, 5) is 50.0. The molecule has 0 radical (unpaired) electrons. The van der Waals surface area contributed by atoms with Gasteiger partial charge in [0.1, 0.15) is 6.04 Å². The summed E-state index contributed by atoms with van der Waals surface area (Å²) in [6.07, 6.45) is -1.07. The van der Waals surface area contributed by atoms with Gasteiger partial charge in [-0.2, -0.15) is 0 Å². The number of carbonyl (C=O) groups is 4. The fraction of sp³-hybridized carbons (Fsp3) is 0.500. The molecule has 1 aromatic rings. The minimum Gasteiger partial charge on any atom is -0.439 e. The first-order valence-corrected chi connectivity index (χ1v) is 12.1. The average Bonchev–Trinajstić information content (AvgIpc) is 2.77. The summed E-state index contributed by atoms with van der Waals surface area (Å²) in [6, 6.07) is 5.13. The predicted molar refractivity (Wildman–Crippen MR) is 114 cm³/mol. The van der Waals surface area contributed by atoms with Gasteiger partial charge in [0.15, 0.2) is 15.9 Å². The second-order valence-corrected chi connectivity index (χ2v) is 9.78. The van der Waals surface area contributed by atoms with Gasteiger partial charge in [-0.25, -0.2) is 13.2 Å². The molecule has 0 aromatic heterocycles. The number of nitrogens with zero attached hydrogens (tertiary/aromatic N) is 1. The van der Waals surface area contributed by atoms with Gasteiger partial charge in [0.2, 0.25) is 12.1 Å². The minimum atomic E-state index is -3.83. The summed E-state index contributed by atoms with van der Waals surface area (Å²) < 4.78 is 35.7. The molecule has 2 saturated heterocycles. The van der Waals surface area contributed by atoms with Crippen LogP contribution in [-0.2, 0) is 39.4 Å². The molecule has 1 unspecified atom stereocenters. The lowest BCUT2D eigenvalue weighted by Gasteiger charge is -2.36. The SMILES string of the molecule is CC(=O)O[C@@H]1NC(=O)C1NC(=O)[C@H](CS(=O)(=O)Cc1ccccc1)NC(=O)N1CCOCC1. The third kappa shape index (κ3) is 6.89. The Kier molecular flexibility index (Phi) is 7.87. The number of ether oxygens (including phenoxy) is 2. The van der Waals surface area contributed by atoms with E-state index in [1.807, 2.05) is 0 Å². The van der Waals surface area contributed by atoms with Crippen LogP contribution in [0.25, 0.3) is 0 Å². The van der Waals surface area contributed by atoms with E-state index in [2.05, 4.69) is 16.0 Å². The van der Waals surface area contributed by atoms with Crippen molar-refractivity contribution in [3.05, 3.63) is 35.9 Å². The van der Waals surface area contributed by atoms with Gasteiger partial charge in [-0.3, -0.25) is 14.4 Å². The Morgan fingerprint density at radius 1 is 1.21 bits per heavy atom. The number of sulfone groups is 1. The molecule has 0 aliphatic carbocycles. The van der Waals surface area contributed by atoms with E-state index < -0.39 is 57.7 Å². The zero-order valence-corrected chi connectivity index (χ0v) is 18.8. The van der Waals surface area contributed by atoms with Crippen LogP contribution < -0.4 is 16.0 Å².